The number of Topliss-reactive ketones (excluding diaryl/α,β-unsaturated/α-hetero) is 1. The van der Waals surface area contributed by atoms with Gasteiger partial charge in [-0.15, -0.1) is 0 Å². The maximum Gasteiger partial charge on any atom is 0.419 e. The van der Waals surface area contributed by atoms with Gasteiger partial charge in [-0.05, 0) is 29.0 Å². The zero-order valence-electron chi connectivity index (χ0n) is 12.6. The lowest BCUT2D eigenvalue weighted by atomic mass is 10.1. The molecule has 7 nitrogen and oxygen atoms in total. The Labute approximate surface area is 133 Å². The summed E-state index contributed by atoms with van der Waals surface area (Å²) in [5, 5.41) is 10.9. The molecule has 0 aliphatic heterocycles. The van der Waals surface area contributed by atoms with Crippen LogP contribution in [0, 0.1) is 10.1 Å². The van der Waals surface area contributed by atoms with Gasteiger partial charge in [0.05, 0.1) is 11.1 Å². The number of hydrogen-bond donors (Lipinski definition) is 0. The molecule has 2 rings (SSSR count). The Hall–Kier alpha value is -2.91. The van der Waals surface area contributed by atoms with E-state index in [-0.39, 0.29) is 11.3 Å². The van der Waals surface area contributed by atoms with Crippen molar-refractivity contribution in [2.45, 2.75) is 19.7 Å². The van der Waals surface area contributed by atoms with Gasteiger partial charge >= 0.3 is 12.0 Å². The minimum absolute atomic E-state index is 0.0218. The molecule has 1 aromatic carbocycles. The van der Waals surface area contributed by atoms with Crippen molar-refractivity contribution in [3.8, 4) is 5.75 Å². The first-order valence-electron chi connectivity index (χ1n) is 6.61. The minimum atomic E-state index is -4.74. The molecule has 0 spiro atoms. The van der Waals surface area contributed by atoms with E-state index in [0.717, 1.165) is 25.4 Å². The number of halogens is 3. The number of ketones is 1. The summed E-state index contributed by atoms with van der Waals surface area (Å²) in [7, 11) is 1.44. The molecule has 0 aliphatic carbocycles. The third-order valence-electron chi connectivity index (χ3n) is 3.26. The molecule has 0 bridgehead atoms. The molecule has 24 heavy (non-hydrogen) atoms. The summed E-state index contributed by atoms with van der Waals surface area (Å²) in [4.78, 5) is 25.3. The van der Waals surface area contributed by atoms with Crippen molar-refractivity contribution in [2.75, 3.05) is 0 Å². The normalized spacial score (nSPS) is 11.4. The van der Waals surface area contributed by atoms with Gasteiger partial charge in [-0.2, -0.15) is 13.2 Å². The number of aryl methyl sites for hydroxylation is 1. The largest absolute Gasteiger partial charge is 0.486 e. The highest BCUT2D eigenvalue weighted by Gasteiger charge is 2.36. The van der Waals surface area contributed by atoms with Crippen LogP contribution in [0.15, 0.2) is 24.5 Å². The summed E-state index contributed by atoms with van der Waals surface area (Å²) in [6, 6.07) is 3.07. The third-order valence-corrected chi connectivity index (χ3v) is 3.26. The molecule has 0 saturated heterocycles. The second kappa shape index (κ2) is 6.30. The molecule has 1 aromatic heterocycles. The number of hydrogen-bond acceptors (Lipinski definition) is 5. The van der Waals surface area contributed by atoms with Crippen molar-refractivity contribution in [1.29, 1.82) is 0 Å². The average Bonchev–Trinajstić information content (AvgIpc) is 2.84. The number of nitrogens with zero attached hydrogens (tertiary/aromatic N) is 3. The van der Waals surface area contributed by atoms with Crippen LogP contribution in [0.3, 0.4) is 0 Å². The zero-order chi connectivity index (χ0) is 18.1. The number of rotatable bonds is 5. The lowest BCUT2D eigenvalue weighted by molar-refractivity contribution is -0.390. The van der Waals surface area contributed by atoms with E-state index in [0.29, 0.717) is 0 Å². The lowest BCUT2D eigenvalue weighted by Crippen LogP contribution is -2.13. The molecule has 10 heteroatoms. The van der Waals surface area contributed by atoms with Crippen molar-refractivity contribution in [2.24, 2.45) is 7.05 Å². The van der Waals surface area contributed by atoms with E-state index in [1.165, 1.54) is 17.7 Å². The SMILES string of the molecule is CC(=O)c1cccc(C(F)(F)F)c1OCc1c([N+](=O)[O-])ncn1C. The smallest absolute Gasteiger partial charge is 0.419 e. The molecule has 0 unspecified atom stereocenters. The topological polar surface area (TPSA) is 87.3 Å². The predicted octanol–water partition coefficient (Wildman–Crippen LogP) is 3.13. The van der Waals surface area contributed by atoms with Gasteiger partial charge in [0, 0.05) is 7.05 Å². The highest BCUT2D eigenvalue weighted by molar-refractivity contribution is 5.97. The van der Waals surface area contributed by atoms with Crippen molar-refractivity contribution in [1.82, 2.24) is 9.55 Å². The Bertz CT molecular complexity index is 799. The van der Waals surface area contributed by atoms with E-state index in [1.807, 2.05) is 0 Å². The number of nitro groups is 1. The van der Waals surface area contributed by atoms with Crippen LogP contribution >= 0.6 is 0 Å². The van der Waals surface area contributed by atoms with E-state index >= 15 is 0 Å². The summed E-state index contributed by atoms with van der Waals surface area (Å²) >= 11 is 0. The van der Waals surface area contributed by atoms with Crippen LogP contribution in [0.2, 0.25) is 0 Å². The third kappa shape index (κ3) is 3.36. The van der Waals surface area contributed by atoms with Crippen LogP contribution in [0.4, 0.5) is 19.0 Å². The molecule has 0 N–H and O–H groups in total. The van der Waals surface area contributed by atoms with Gasteiger partial charge in [-0.3, -0.25) is 4.79 Å². The highest BCUT2D eigenvalue weighted by atomic mass is 19.4. The Balaban J connectivity index is 2.45. The predicted molar refractivity (Wildman–Crippen MR) is 75.6 cm³/mol. The van der Waals surface area contributed by atoms with Gasteiger partial charge < -0.3 is 19.4 Å². The maximum atomic E-state index is 13.1. The Morgan fingerprint density at radius 2 is 2.08 bits per heavy atom. The van der Waals surface area contributed by atoms with E-state index in [4.69, 9.17) is 4.74 Å². The molecular weight excluding hydrogens is 331 g/mol. The van der Waals surface area contributed by atoms with Gasteiger partial charge in [0.2, 0.25) is 6.33 Å². The summed E-state index contributed by atoms with van der Waals surface area (Å²) in [6.07, 6.45) is -3.59. The number of para-hydroxylation sites is 1. The highest BCUT2D eigenvalue weighted by Crippen LogP contribution is 2.39. The summed E-state index contributed by atoms with van der Waals surface area (Å²) in [5.74, 6) is -1.80. The summed E-state index contributed by atoms with van der Waals surface area (Å²) in [6.45, 7) is 0.565. The van der Waals surface area contributed by atoms with Crippen LogP contribution in [-0.4, -0.2) is 20.3 Å². The van der Waals surface area contributed by atoms with Crippen molar-refractivity contribution >= 4 is 11.6 Å². The molecule has 128 valence electrons. The van der Waals surface area contributed by atoms with E-state index < -0.39 is 40.6 Å². The molecule has 0 fully saturated rings. The van der Waals surface area contributed by atoms with Crippen LogP contribution in [-0.2, 0) is 19.8 Å². The van der Waals surface area contributed by atoms with Crippen LogP contribution in [0.1, 0.15) is 28.5 Å². The Morgan fingerprint density at radius 1 is 1.42 bits per heavy atom. The minimum Gasteiger partial charge on any atom is -0.486 e. The van der Waals surface area contributed by atoms with Crippen molar-refractivity contribution < 1.29 is 27.6 Å². The fourth-order valence-electron chi connectivity index (χ4n) is 2.10. The van der Waals surface area contributed by atoms with Crippen molar-refractivity contribution in [3.63, 3.8) is 0 Å². The molecule has 0 radical (unpaired) electrons. The quantitative estimate of drug-likeness (QED) is 0.473. The van der Waals surface area contributed by atoms with Gasteiger partial charge in [-0.1, -0.05) is 6.07 Å². The van der Waals surface area contributed by atoms with E-state index in [1.54, 1.807) is 0 Å². The standard InChI is InChI=1S/C14H12F3N3O4/c1-8(21)9-4-3-5-10(14(15,16)17)12(9)24-6-11-13(20(22)23)18-7-19(11)2/h3-5,7H,6H2,1-2H3. The van der Waals surface area contributed by atoms with E-state index in [2.05, 4.69) is 4.98 Å². The second-order valence-electron chi connectivity index (χ2n) is 4.91. The summed E-state index contributed by atoms with van der Waals surface area (Å²) < 4.78 is 45.8. The molecule has 2 aromatic rings. The number of carbonyl (C=O) groups is 1. The van der Waals surface area contributed by atoms with E-state index in [9.17, 15) is 28.1 Å². The fraction of sp³-hybridized carbons (Fsp3) is 0.286. The van der Waals surface area contributed by atoms with Gasteiger partial charge in [0.15, 0.2) is 11.5 Å². The molecular formula is C14H12F3N3O4. The van der Waals surface area contributed by atoms with Crippen LogP contribution < -0.4 is 4.74 Å². The van der Waals surface area contributed by atoms with Gasteiger partial charge in [0.25, 0.3) is 0 Å². The first kappa shape index (κ1) is 17.4. The van der Waals surface area contributed by atoms with Gasteiger partial charge in [-0.25, -0.2) is 0 Å². The lowest BCUT2D eigenvalue weighted by Gasteiger charge is -2.16. The molecule has 0 atom stereocenters. The number of benzene rings is 1. The number of carbonyl (C=O) groups excluding carboxylic acids is 1. The number of alkyl halides is 3. The maximum absolute atomic E-state index is 13.1. The Morgan fingerprint density at radius 3 is 2.62 bits per heavy atom. The second-order valence-corrected chi connectivity index (χ2v) is 4.91. The van der Waals surface area contributed by atoms with Crippen molar-refractivity contribution in [3.05, 3.63) is 51.5 Å². The van der Waals surface area contributed by atoms with Crippen LogP contribution in [0.5, 0.6) is 5.75 Å². The first-order valence-corrected chi connectivity index (χ1v) is 6.61. The molecule has 0 amide bonds. The average molecular weight is 343 g/mol. The number of imidazole rings is 1. The number of ether oxygens (including phenoxy) is 1. The fourth-order valence-corrected chi connectivity index (χ4v) is 2.10. The summed E-state index contributed by atoms with van der Waals surface area (Å²) in [5.41, 5.74) is -1.40. The molecule has 0 aliphatic rings. The first-order chi connectivity index (χ1) is 11.1. The molecule has 1 heterocycles. The van der Waals surface area contributed by atoms with Crippen LogP contribution in [0.25, 0.3) is 0 Å². The number of aromatic nitrogens is 2. The molecule has 0 saturated carbocycles. The monoisotopic (exact) mass is 343 g/mol. The zero-order valence-corrected chi connectivity index (χ0v) is 12.6. The Kier molecular flexibility index (Phi) is 4.58. The van der Waals surface area contributed by atoms with Gasteiger partial charge in [0.1, 0.15) is 12.4 Å².